The smallest absolute Gasteiger partial charge is 0.275 e. The Morgan fingerprint density at radius 2 is 1.66 bits per heavy atom. The highest BCUT2D eigenvalue weighted by atomic mass is 16.5. The van der Waals surface area contributed by atoms with Crippen molar-refractivity contribution in [2.75, 3.05) is 24.9 Å². The molecule has 0 unspecified atom stereocenters. The molecule has 0 atom stereocenters. The van der Waals surface area contributed by atoms with E-state index in [9.17, 15) is 4.79 Å². The lowest BCUT2D eigenvalue weighted by atomic mass is 10.1. The predicted molar refractivity (Wildman–Crippen MR) is 113 cm³/mol. The van der Waals surface area contributed by atoms with Gasteiger partial charge >= 0.3 is 0 Å². The molecular formula is C22H24N4O3. The predicted octanol–water partition coefficient (Wildman–Crippen LogP) is 3.92. The topological polar surface area (TPSA) is 85.4 Å². The monoisotopic (exact) mass is 392 g/mol. The average Bonchev–Trinajstić information content (AvgIpc) is 2.78. The molecule has 7 heteroatoms. The molecule has 3 aromatic rings. The van der Waals surface area contributed by atoms with Crippen LogP contribution in [-0.2, 0) is 13.0 Å². The molecule has 0 aliphatic heterocycles. The second kappa shape index (κ2) is 9.54. The molecule has 150 valence electrons. The lowest BCUT2D eigenvalue weighted by Gasteiger charge is -2.10. The van der Waals surface area contributed by atoms with Gasteiger partial charge in [-0.05, 0) is 41.8 Å². The number of carbonyl (C=O) groups excluding carboxylic acids is 1. The number of anilines is 2. The van der Waals surface area contributed by atoms with Crippen molar-refractivity contribution < 1.29 is 14.3 Å². The number of methoxy groups -OCH3 is 2. The van der Waals surface area contributed by atoms with Crippen molar-refractivity contribution in [2.45, 2.75) is 19.9 Å². The van der Waals surface area contributed by atoms with Gasteiger partial charge in [-0.1, -0.05) is 25.1 Å². The van der Waals surface area contributed by atoms with Gasteiger partial charge in [-0.25, -0.2) is 9.97 Å². The van der Waals surface area contributed by atoms with E-state index in [1.54, 1.807) is 14.2 Å². The van der Waals surface area contributed by atoms with E-state index in [1.165, 1.54) is 18.0 Å². The summed E-state index contributed by atoms with van der Waals surface area (Å²) in [7, 11) is 3.20. The highest BCUT2D eigenvalue weighted by Crippen LogP contribution is 2.27. The molecule has 0 saturated carbocycles. The van der Waals surface area contributed by atoms with Crippen LogP contribution in [0.1, 0.15) is 28.5 Å². The molecule has 1 heterocycles. The third kappa shape index (κ3) is 5.22. The van der Waals surface area contributed by atoms with Crippen LogP contribution in [0.15, 0.2) is 54.9 Å². The summed E-state index contributed by atoms with van der Waals surface area (Å²) in [5.41, 5.74) is 3.19. The molecule has 2 N–H and O–H groups in total. The molecule has 0 fully saturated rings. The second-order valence-electron chi connectivity index (χ2n) is 6.33. The number of carbonyl (C=O) groups is 1. The molecule has 0 radical (unpaired) electrons. The van der Waals surface area contributed by atoms with Crippen molar-refractivity contribution >= 4 is 17.4 Å². The Bertz CT molecular complexity index is 957. The van der Waals surface area contributed by atoms with Gasteiger partial charge in [0.05, 0.1) is 26.6 Å². The first-order valence-corrected chi connectivity index (χ1v) is 9.30. The zero-order chi connectivity index (χ0) is 20.6. The number of nitrogens with one attached hydrogen (secondary N) is 2. The molecular weight excluding hydrogens is 368 g/mol. The Kier molecular flexibility index (Phi) is 6.63. The maximum atomic E-state index is 12.3. The highest BCUT2D eigenvalue weighted by molar-refractivity contribution is 6.02. The third-order valence-electron chi connectivity index (χ3n) is 4.43. The van der Waals surface area contributed by atoms with Gasteiger partial charge < -0.3 is 20.1 Å². The average molecular weight is 392 g/mol. The van der Waals surface area contributed by atoms with E-state index in [2.05, 4.69) is 27.5 Å². The molecule has 2 aromatic carbocycles. The Labute approximate surface area is 170 Å². The van der Waals surface area contributed by atoms with Crippen LogP contribution < -0.4 is 20.1 Å². The number of amides is 1. The van der Waals surface area contributed by atoms with E-state index in [4.69, 9.17) is 9.47 Å². The molecule has 0 aliphatic rings. The van der Waals surface area contributed by atoms with Gasteiger partial charge in [0.25, 0.3) is 5.91 Å². The van der Waals surface area contributed by atoms with E-state index in [1.807, 2.05) is 42.5 Å². The number of hydrogen-bond acceptors (Lipinski definition) is 6. The molecule has 1 aromatic heterocycles. The largest absolute Gasteiger partial charge is 0.493 e. The van der Waals surface area contributed by atoms with Crippen LogP contribution in [0.2, 0.25) is 0 Å². The summed E-state index contributed by atoms with van der Waals surface area (Å²) in [6.45, 7) is 2.62. The summed E-state index contributed by atoms with van der Waals surface area (Å²) in [6, 6.07) is 13.4. The van der Waals surface area contributed by atoms with E-state index in [-0.39, 0.29) is 11.6 Å². The molecule has 29 heavy (non-hydrogen) atoms. The first kappa shape index (κ1) is 20.1. The fourth-order valence-corrected chi connectivity index (χ4v) is 2.74. The molecule has 1 amide bonds. The number of aryl methyl sites for hydroxylation is 1. The summed E-state index contributed by atoms with van der Waals surface area (Å²) in [6.07, 6.45) is 3.94. The van der Waals surface area contributed by atoms with Gasteiger partial charge in [0.1, 0.15) is 11.5 Å². The van der Waals surface area contributed by atoms with E-state index in [0.717, 1.165) is 17.7 Å². The Morgan fingerprint density at radius 1 is 0.931 bits per heavy atom. The molecule has 0 spiro atoms. The lowest BCUT2D eigenvalue weighted by Crippen LogP contribution is -2.14. The number of nitrogens with zero attached hydrogens (tertiary/aromatic N) is 2. The fourth-order valence-electron chi connectivity index (χ4n) is 2.74. The van der Waals surface area contributed by atoms with Crippen LogP contribution in [0.25, 0.3) is 0 Å². The standard InChI is InChI=1S/C22H24N4O3/c1-4-15-5-8-17(9-6-15)26-22(27)18-13-25-21(14-23-18)24-12-16-7-10-19(28-2)20(11-16)29-3/h5-11,13-14H,4,12H2,1-3H3,(H,24,25)(H,26,27). The number of hydrogen-bond donors (Lipinski definition) is 2. The summed E-state index contributed by atoms with van der Waals surface area (Å²) in [5.74, 6) is 1.62. The van der Waals surface area contributed by atoms with E-state index < -0.39 is 0 Å². The zero-order valence-corrected chi connectivity index (χ0v) is 16.7. The van der Waals surface area contributed by atoms with E-state index in [0.29, 0.717) is 23.9 Å². The minimum atomic E-state index is -0.298. The van der Waals surface area contributed by atoms with E-state index >= 15 is 0 Å². The maximum Gasteiger partial charge on any atom is 0.275 e. The quantitative estimate of drug-likeness (QED) is 0.604. The van der Waals surface area contributed by atoms with Crippen molar-refractivity contribution in [1.29, 1.82) is 0 Å². The molecule has 3 rings (SSSR count). The number of rotatable bonds is 8. The highest BCUT2D eigenvalue weighted by Gasteiger charge is 2.09. The Balaban J connectivity index is 1.58. The van der Waals surface area contributed by atoms with Gasteiger partial charge in [0.2, 0.25) is 0 Å². The number of aromatic nitrogens is 2. The van der Waals surface area contributed by atoms with Crippen molar-refractivity contribution in [1.82, 2.24) is 9.97 Å². The van der Waals surface area contributed by atoms with Crippen molar-refractivity contribution in [2.24, 2.45) is 0 Å². The van der Waals surface area contributed by atoms with Crippen molar-refractivity contribution in [3.63, 3.8) is 0 Å². The number of benzene rings is 2. The minimum Gasteiger partial charge on any atom is -0.493 e. The minimum absolute atomic E-state index is 0.251. The van der Waals surface area contributed by atoms with Gasteiger partial charge in [-0.15, -0.1) is 0 Å². The van der Waals surface area contributed by atoms with Gasteiger partial charge in [-0.3, -0.25) is 4.79 Å². The zero-order valence-electron chi connectivity index (χ0n) is 16.7. The molecule has 7 nitrogen and oxygen atoms in total. The fraction of sp³-hybridized carbons (Fsp3) is 0.227. The van der Waals surface area contributed by atoms with Crippen LogP contribution in [0.4, 0.5) is 11.5 Å². The van der Waals surface area contributed by atoms with Crippen LogP contribution in [0, 0.1) is 0 Å². The molecule has 0 saturated heterocycles. The Hall–Kier alpha value is -3.61. The summed E-state index contributed by atoms with van der Waals surface area (Å²) >= 11 is 0. The third-order valence-corrected chi connectivity index (χ3v) is 4.43. The second-order valence-corrected chi connectivity index (χ2v) is 6.33. The molecule has 0 bridgehead atoms. The first-order chi connectivity index (χ1) is 14.1. The summed E-state index contributed by atoms with van der Waals surface area (Å²) in [5, 5.41) is 6.00. The lowest BCUT2D eigenvalue weighted by molar-refractivity contribution is 0.102. The normalized spacial score (nSPS) is 10.3. The SMILES string of the molecule is CCc1ccc(NC(=O)c2cnc(NCc3ccc(OC)c(OC)c3)cn2)cc1. The van der Waals surface area contributed by atoms with Crippen LogP contribution in [-0.4, -0.2) is 30.1 Å². The Morgan fingerprint density at radius 3 is 2.28 bits per heavy atom. The van der Waals surface area contributed by atoms with Crippen LogP contribution >= 0.6 is 0 Å². The van der Waals surface area contributed by atoms with Gasteiger partial charge in [0.15, 0.2) is 11.5 Å². The van der Waals surface area contributed by atoms with Gasteiger partial charge in [0, 0.05) is 12.2 Å². The number of ether oxygens (including phenoxy) is 2. The van der Waals surface area contributed by atoms with Crippen molar-refractivity contribution in [3.8, 4) is 11.5 Å². The van der Waals surface area contributed by atoms with Crippen LogP contribution in [0.3, 0.4) is 0 Å². The maximum absolute atomic E-state index is 12.3. The summed E-state index contributed by atoms with van der Waals surface area (Å²) < 4.78 is 10.5. The first-order valence-electron chi connectivity index (χ1n) is 9.30. The summed E-state index contributed by atoms with van der Waals surface area (Å²) in [4.78, 5) is 20.8. The van der Waals surface area contributed by atoms with Gasteiger partial charge in [-0.2, -0.15) is 0 Å². The van der Waals surface area contributed by atoms with Crippen molar-refractivity contribution in [3.05, 3.63) is 71.7 Å². The molecule has 0 aliphatic carbocycles. The van der Waals surface area contributed by atoms with Crippen LogP contribution in [0.5, 0.6) is 11.5 Å².